The molecule has 0 N–H and O–H groups in total. The van der Waals surface area contributed by atoms with Crippen LogP contribution in [0.15, 0.2) is 36.4 Å². The van der Waals surface area contributed by atoms with Gasteiger partial charge >= 0.3 is 21.7 Å². The van der Waals surface area contributed by atoms with Gasteiger partial charge in [0.05, 0.1) is 24.2 Å². The van der Waals surface area contributed by atoms with Crippen LogP contribution in [0.3, 0.4) is 0 Å². The third-order valence-electron chi connectivity index (χ3n) is 11.5. The topological polar surface area (TPSA) is 0 Å². The molecule has 0 saturated carbocycles. The van der Waals surface area contributed by atoms with E-state index in [1.807, 2.05) is 0 Å². The van der Waals surface area contributed by atoms with Gasteiger partial charge in [-0.15, -0.1) is 0 Å². The Morgan fingerprint density at radius 1 is 0.400 bits per heavy atom. The van der Waals surface area contributed by atoms with Crippen LogP contribution in [0.4, 0.5) is 0 Å². The molecule has 0 spiro atoms. The number of hydrogen-bond donors (Lipinski definition) is 0. The van der Waals surface area contributed by atoms with Crippen molar-refractivity contribution in [1.82, 2.24) is 0 Å². The van der Waals surface area contributed by atoms with Crippen molar-refractivity contribution in [1.29, 1.82) is 0 Å². The van der Waals surface area contributed by atoms with Crippen LogP contribution in [0.25, 0.3) is 0 Å². The molecule has 0 aliphatic carbocycles. The fourth-order valence-electron chi connectivity index (χ4n) is 8.28. The van der Waals surface area contributed by atoms with E-state index in [1.54, 1.807) is 36.3 Å². The zero-order valence-corrected chi connectivity index (χ0v) is 42.4. The van der Waals surface area contributed by atoms with Crippen LogP contribution in [-0.2, 0) is 21.7 Å². The molecule has 272 valence electrons. The standard InChI is InChI=1S/C42H63Si4.3ClH.Ti/c1-26-20-36(23-39(29(26)4)43(11,12)13)46(42-34(9)32(7)33(8)35(42)10,37-21-27(2)30(5)40(24-37)44(14,15)16)38-22-28(3)31(6)41(25-38)45(17,18)19;;;;/h20-25H,1-19H3;3*1H;/q-1;;;;+4/p-3. The molecule has 0 saturated heterocycles. The molecule has 50 heavy (non-hydrogen) atoms. The molecule has 0 bridgehead atoms. The van der Waals surface area contributed by atoms with Crippen molar-refractivity contribution in [3.8, 4) is 0 Å². The van der Waals surface area contributed by atoms with E-state index in [0.717, 1.165) is 0 Å². The first-order valence-electron chi connectivity index (χ1n) is 17.5. The summed E-state index contributed by atoms with van der Waals surface area (Å²) in [4.78, 5) is 0. The molecule has 0 heterocycles. The van der Waals surface area contributed by atoms with Crippen LogP contribution in [0.5, 0.6) is 0 Å². The zero-order chi connectivity index (χ0) is 35.1. The summed E-state index contributed by atoms with van der Waals surface area (Å²) in [6.45, 7) is 46.7. The number of benzene rings is 3. The van der Waals surface area contributed by atoms with Gasteiger partial charge in [-0.2, -0.15) is 27.4 Å². The van der Waals surface area contributed by atoms with Gasteiger partial charge in [0.2, 0.25) is 0 Å². The average molecular weight is 835 g/mol. The molecule has 0 radical (unpaired) electrons. The molecule has 0 amide bonds. The first kappa shape index (κ1) is 49.5. The number of rotatable bonds is 7. The molecule has 0 aliphatic heterocycles. The van der Waals surface area contributed by atoms with Gasteiger partial charge in [0.15, 0.2) is 8.07 Å². The Morgan fingerprint density at radius 2 is 0.660 bits per heavy atom. The predicted octanol–water partition coefficient (Wildman–Crippen LogP) is -1.49. The van der Waals surface area contributed by atoms with E-state index >= 15 is 0 Å². The van der Waals surface area contributed by atoms with Crippen molar-refractivity contribution >= 4 is 68.6 Å². The SMILES string of the molecule is Cc1cc([Si](c2cc(C)c(C)c([Si](C)(C)C)c2)(c2cc(C)c(C)c([Si](C)(C)C)c2)c2c(C)c(C)c(C)[c-]2C)cc([Si](C)(C)C)c1C.[Cl-].[Cl-].[Cl-].[Ti+4]. The van der Waals surface area contributed by atoms with E-state index in [2.05, 4.69) is 165 Å². The summed E-state index contributed by atoms with van der Waals surface area (Å²) in [5.41, 5.74) is 14.8. The minimum absolute atomic E-state index is 0. The summed E-state index contributed by atoms with van der Waals surface area (Å²) in [5.74, 6) is 0. The molecule has 4 aromatic carbocycles. The number of halogens is 3. The first-order valence-corrected chi connectivity index (χ1v) is 30.0. The van der Waals surface area contributed by atoms with Crippen molar-refractivity contribution in [3.63, 3.8) is 0 Å². The molecule has 0 atom stereocenters. The third-order valence-corrected chi connectivity index (χ3v) is 22.9. The maximum absolute atomic E-state index is 2.83. The van der Waals surface area contributed by atoms with E-state index < -0.39 is 32.3 Å². The summed E-state index contributed by atoms with van der Waals surface area (Å²) in [6.07, 6.45) is 0. The molecular formula is C42H63Cl3Si4Ti. The number of aryl methyl sites for hydroxylation is 3. The maximum Gasteiger partial charge on any atom is 4.00 e. The zero-order valence-electron chi connectivity index (χ0n) is 34.6. The Hall–Kier alpha value is -0.538. The molecule has 0 fully saturated rings. The molecular weight excluding hydrogens is 771 g/mol. The summed E-state index contributed by atoms with van der Waals surface area (Å²) < 4.78 is 0. The van der Waals surface area contributed by atoms with Gasteiger partial charge in [0.1, 0.15) is 0 Å². The fraction of sp³-hybridized carbons (Fsp3) is 0.452. The quantitative estimate of drug-likeness (QED) is 0.121. The summed E-state index contributed by atoms with van der Waals surface area (Å²) in [6, 6.07) is 16.1. The van der Waals surface area contributed by atoms with E-state index in [0.29, 0.717) is 0 Å². The molecule has 4 aromatic rings. The van der Waals surface area contributed by atoms with Crippen molar-refractivity contribution < 1.29 is 58.9 Å². The van der Waals surface area contributed by atoms with Crippen molar-refractivity contribution in [2.24, 2.45) is 0 Å². The average Bonchev–Trinajstić information content (AvgIpc) is 3.10. The van der Waals surface area contributed by atoms with Gasteiger partial charge in [-0.1, -0.05) is 139 Å². The smallest absolute Gasteiger partial charge is 1.00 e. The fourth-order valence-corrected chi connectivity index (χ4v) is 20.2. The van der Waals surface area contributed by atoms with Crippen molar-refractivity contribution in [2.45, 2.75) is 128 Å². The van der Waals surface area contributed by atoms with Crippen LogP contribution in [-0.4, -0.2) is 32.3 Å². The van der Waals surface area contributed by atoms with Gasteiger partial charge in [-0.25, -0.2) is 0 Å². The summed E-state index contributed by atoms with van der Waals surface area (Å²) in [5, 5.41) is 11.3. The Balaban J connectivity index is 0.00000600. The molecule has 8 heteroatoms. The molecule has 0 aliphatic rings. The second-order valence-corrected chi connectivity index (χ2v) is 36.6. The largest absolute Gasteiger partial charge is 4.00 e. The Bertz CT molecular complexity index is 1660. The second kappa shape index (κ2) is 16.9. The second-order valence-electron chi connectivity index (χ2n) is 17.8. The van der Waals surface area contributed by atoms with Crippen molar-refractivity contribution in [3.05, 3.63) is 92.0 Å². The summed E-state index contributed by atoms with van der Waals surface area (Å²) >= 11 is 0. The molecule has 0 nitrogen and oxygen atoms in total. The van der Waals surface area contributed by atoms with Gasteiger partial charge in [-0.3, -0.25) is 0 Å². The van der Waals surface area contributed by atoms with Gasteiger partial charge in [-0.05, 0) is 90.5 Å². The van der Waals surface area contributed by atoms with E-state index in [9.17, 15) is 0 Å². The van der Waals surface area contributed by atoms with Crippen LogP contribution in [0.2, 0.25) is 58.9 Å². The number of hydrogen-bond acceptors (Lipinski definition) is 0. The maximum atomic E-state index is 2.73. The van der Waals surface area contributed by atoms with Crippen LogP contribution in [0, 0.1) is 69.2 Å². The Morgan fingerprint density at radius 3 is 0.860 bits per heavy atom. The van der Waals surface area contributed by atoms with Gasteiger partial charge in [0.25, 0.3) is 0 Å². The minimum Gasteiger partial charge on any atom is -1.00 e. The van der Waals surface area contributed by atoms with Gasteiger partial charge in [0, 0.05) is 0 Å². The van der Waals surface area contributed by atoms with E-state index in [4.69, 9.17) is 0 Å². The third kappa shape index (κ3) is 8.55. The van der Waals surface area contributed by atoms with Crippen LogP contribution in [0.1, 0.15) is 55.6 Å². The predicted molar refractivity (Wildman–Crippen MR) is 222 cm³/mol. The van der Waals surface area contributed by atoms with Crippen LogP contribution < -0.4 is 73.5 Å². The van der Waals surface area contributed by atoms with E-state index in [-0.39, 0.29) is 58.9 Å². The van der Waals surface area contributed by atoms with E-state index in [1.165, 1.54) is 55.6 Å². The molecule has 0 unspecified atom stereocenters. The monoisotopic (exact) mass is 832 g/mol. The Kier molecular flexibility index (Phi) is 16.7. The van der Waals surface area contributed by atoms with Crippen molar-refractivity contribution in [2.75, 3.05) is 0 Å². The normalized spacial score (nSPS) is 12.1. The van der Waals surface area contributed by atoms with Crippen LogP contribution >= 0.6 is 0 Å². The molecule has 4 rings (SSSR count). The first-order chi connectivity index (χ1) is 20.9. The molecule has 0 aromatic heterocycles. The summed E-state index contributed by atoms with van der Waals surface area (Å²) in [7, 11) is -7.75. The van der Waals surface area contributed by atoms with Gasteiger partial charge < -0.3 is 37.2 Å². The Labute approximate surface area is 345 Å². The minimum atomic E-state index is -2.83.